The number of nitrogens with one attached hydrogen (secondary N) is 1. The van der Waals surface area contributed by atoms with E-state index >= 15 is 0 Å². The van der Waals surface area contributed by atoms with E-state index in [0.717, 1.165) is 29.7 Å². The first-order valence-electron chi connectivity index (χ1n) is 5.28. The lowest BCUT2D eigenvalue weighted by Crippen LogP contribution is -2.32. The van der Waals surface area contributed by atoms with Gasteiger partial charge in [0.15, 0.2) is 5.16 Å². The molecule has 5 heteroatoms. The topological polar surface area (TPSA) is 46.9 Å². The molecule has 0 aromatic carbocycles. The third kappa shape index (κ3) is 1.70. The summed E-state index contributed by atoms with van der Waals surface area (Å²) in [5, 5.41) is 4.45. The van der Waals surface area contributed by atoms with Gasteiger partial charge >= 0.3 is 0 Å². The Morgan fingerprint density at radius 2 is 2.53 bits per heavy atom. The van der Waals surface area contributed by atoms with Gasteiger partial charge in [-0.05, 0) is 0 Å². The highest BCUT2D eigenvalue weighted by Crippen LogP contribution is 2.28. The third-order valence-electron chi connectivity index (χ3n) is 2.91. The zero-order valence-corrected chi connectivity index (χ0v) is 9.22. The van der Waals surface area contributed by atoms with Crippen molar-refractivity contribution in [1.29, 1.82) is 0 Å². The lowest BCUT2D eigenvalue weighted by molar-refractivity contribution is -0.120. The van der Waals surface area contributed by atoms with E-state index in [-0.39, 0.29) is 6.04 Å². The van der Waals surface area contributed by atoms with E-state index in [1.807, 2.05) is 0 Å². The number of aryl methyl sites for hydroxylation is 1. The summed E-state index contributed by atoms with van der Waals surface area (Å²) in [7, 11) is 0. The molecule has 2 aliphatic heterocycles. The van der Waals surface area contributed by atoms with Gasteiger partial charge in [0.25, 0.3) is 0 Å². The monoisotopic (exact) mass is 223 g/mol. The van der Waals surface area contributed by atoms with E-state index in [2.05, 4.69) is 21.1 Å². The Bertz CT molecular complexity index is 380. The normalized spacial score (nSPS) is 25.6. The van der Waals surface area contributed by atoms with E-state index in [1.165, 1.54) is 0 Å². The van der Waals surface area contributed by atoms with Crippen LogP contribution in [0.4, 0.5) is 0 Å². The van der Waals surface area contributed by atoms with E-state index < -0.39 is 0 Å². The van der Waals surface area contributed by atoms with Crippen molar-refractivity contribution < 1.29 is 4.79 Å². The van der Waals surface area contributed by atoms with Crippen molar-refractivity contribution in [3.63, 3.8) is 0 Å². The Hall–Kier alpha value is -0.810. The van der Waals surface area contributed by atoms with Crippen molar-refractivity contribution in [2.75, 3.05) is 12.3 Å². The first-order chi connectivity index (χ1) is 7.33. The molecule has 3 rings (SSSR count). The van der Waals surface area contributed by atoms with Crippen LogP contribution in [-0.4, -0.2) is 27.6 Å². The van der Waals surface area contributed by atoms with Gasteiger partial charge in [-0.25, -0.2) is 4.98 Å². The molecule has 1 atom stereocenters. The van der Waals surface area contributed by atoms with Crippen LogP contribution in [0, 0.1) is 0 Å². The second-order valence-corrected chi connectivity index (χ2v) is 5.05. The molecule has 0 aliphatic carbocycles. The smallest absolute Gasteiger partial charge is 0.168 e. The average Bonchev–Trinajstić information content (AvgIpc) is 2.76. The van der Waals surface area contributed by atoms with Crippen LogP contribution in [0.15, 0.2) is 11.4 Å². The fourth-order valence-corrected chi connectivity index (χ4v) is 3.04. The largest absolute Gasteiger partial charge is 0.325 e. The van der Waals surface area contributed by atoms with Crippen LogP contribution in [0.2, 0.25) is 0 Å². The highest BCUT2D eigenvalue weighted by molar-refractivity contribution is 7.99. The van der Waals surface area contributed by atoms with Gasteiger partial charge in [0, 0.05) is 37.9 Å². The van der Waals surface area contributed by atoms with E-state index in [1.54, 1.807) is 11.8 Å². The number of fused-ring (bicyclic) bond motifs is 1. The number of nitrogens with zero attached hydrogens (tertiary/aromatic N) is 2. The number of carbonyl (C=O) groups is 1. The van der Waals surface area contributed by atoms with Gasteiger partial charge in [-0.3, -0.25) is 4.79 Å². The quantitative estimate of drug-likeness (QED) is 0.771. The Morgan fingerprint density at radius 3 is 3.33 bits per heavy atom. The number of Topliss-reactive ketones (excluding diaryl/α,β-unsaturated/α-hetero) is 1. The van der Waals surface area contributed by atoms with Crippen molar-refractivity contribution in [3.05, 3.63) is 11.9 Å². The molecule has 2 aliphatic rings. The Morgan fingerprint density at radius 1 is 1.60 bits per heavy atom. The van der Waals surface area contributed by atoms with Gasteiger partial charge in [0.1, 0.15) is 5.78 Å². The molecule has 0 spiro atoms. The van der Waals surface area contributed by atoms with Crippen molar-refractivity contribution in [1.82, 2.24) is 14.9 Å². The number of aromatic nitrogens is 2. The molecule has 1 aromatic rings. The molecular formula is C10H13N3OS. The van der Waals surface area contributed by atoms with Crippen molar-refractivity contribution >= 4 is 17.5 Å². The number of piperidine rings is 1. The third-order valence-corrected chi connectivity index (χ3v) is 3.88. The van der Waals surface area contributed by atoms with Gasteiger partial charge < -0.3 is 9.88 Å². The summed E-state index contributed by atoms with van der Waals surface area (Å²) < 4.78 is 2.18. The minimum absolute atomic E-state index is 0.143. The number of imidazole rings is 1. The molecule has 0 bridgehead atoms. The number of rotatable bonds is 1. The van der Waals surface area contributed by atoms with Crippen molar-refractivity contribution in [3.8, 4) is 0 Å². The van der Waals surface area contributed by atoms with Gasteiger partial charge in [0.2, 0.25) is 0 Å². The first kappa shape index (κ1) is 9.42. The van der Waals surface area contributed by atoms with Gasteiger partial charge in [-0.15, -0.1) is 0 Å². The molecule has 0 amide bonds. The fourth-order valence-electron chi connectivity index (χ4n) is 2.09. The van der Waals surface area contributed by atoms with Crippen LogP contribution in [-0.2, 0) is 11.3 Å². The lowest BCUT2D eigenvalue weighted by Gasteiger charge is -2.20. The summed E-state index contributed by atoms with van der Waals surface area (Å²) in [6.45, 7) is 1.84. The minimum Gasteiger partial charge on any atom is -0.325 e. The number of carbonyl (C=O) groups excluding carboxylic acids is 1. The predicted octanol–water partition coefficient (Wildman–Crippen LogP) is 0.982. The molecule has 0 radical (unpaired) electrons. The second-order valence-electron chi connectivity index (χ2n) is 3.99. The SMILES string of the molecule is O=C1CCNC(c2cn3c(n2)SCC3)C1. The van der Waals surface area contributed by atoms with Crippen LogP contribution >= 0.6 is 11.8 Å². The summed E-state index contributed by atoms with van der Waals surface area (Å²) in [5.74, 6) is 1.47. The molecule has 1 N–H and O–H groups in total. The maximum Gasteiger partial charge on any atom is 0.168 e. The van der Waals surface area contributed by atoms with Gasteiger partial charge in [-0.1, -0.05) is 11.8 Å². The molecule has 1 saturated heterocycles. The lowest BCUT2D eigenvalue weighted by atomic mass is 10.0. The number of thioether (sulfide) groups is 1. The first-order valence-corrected chi connectivity index (χ1v) is 6.26. The molecule has 1 unspecified atom stereocenters. The number of ketones is 1. The van der Waals surface area contributed by atoms with Gasteiger partial charge in [-0.2, -0.15) is 0 Å². The van der Waals surface area contributed by atoms with Crippen LogP contribution in [0.1, 0.15) is 24.6 Å². The fraction of sp³-hybridized carbons (Fsp3) is 0.600. The molecule has 80 valence electrons. The molecule has 15 heavy (non-hydrogen) atoms. The zero-order chi connectivity index (χ0) is 10.3. The molecular weight excluding hydrogens is 210 g/mol. The Kier molecular flexibility index (Phi) is 2.29. The summed E-state index contributed by atoms with van der Waals surface area (Å²) in [6.07, 6.45) is 3.35. The number of hydrogen-bond donors (Lipinski definition) is 1. The van der Waals surface area contributed by atoms with E-state index in [4.69, 9.17) is 0 Å². The second kappa shape index (κ2) is 3.64. The minimum atomic E-state index is 0.143. The molecule has 1 fully saturated rings. The summed E-state index contributed by atoms with van der Waals surface area (Å²) >= 11 is 1.79. The van der Waals surface area contributed by atoms with Crippen LogP contribution in [0.5, 0.6) is 0 Å². The number of hydrogen-bond acceptors (Lipinski definition) is 4. The van der Waals surface area contributed by atoms with Crippen LogP contribution in [0.25, 0.3) is 0 Å². The highest BCUT2D eigenvalue weighted by atomic mass is 32.2. The van der Waals surface area contributed by atoms with Crippen molar-refractivity contribution in [2.24, 2.45) is 0 Å². The zero-order valence-electron chi connectivity index (χ0n) is 8.40. The summed E-state index contributed by atoms with van der Waals surface area (Å²) in [6, 6.07) is 0.143. The summed E-state index contributed by atoms with van der Waals surface area (Å²) in [4.78, 5) is 15.9. The predicted molar refractivity (Wildman–Crippen MR) is 57.9 cm³/mol. The maximum absolute atomic E-state index is 11.3. The maximum atomic E-state index is 11.3. The molecule has 3 heterocycles. The molecule has 4 nitrogen and oxygen atoms in total. The standard InChI is InChI=1S/C10H13N3OS/c14-7-1-2-11-8(5-7)9-6-13-3-4-15-10(13)12-9/h6,8,11H,1-5H2. The molecule has 1 aromatic heterocycles. The van der Waals surface area contributed by atoms with Crippen LogP contribution < -0.4 is 5.32 Å². The molecule has 0 saturated carbocycles. The summed E-state index contributed by atoms with van der Waals surface area (Å²) in [5.41, 5.74) is 1.03. The average molecular weight is 223 g/mol. The van der Waals surface area contributed by atoms with E-state index in [0.29, 0.717) is 18.6 Å². The van der Waals surface area contributed by atoms with Crippen molar-refractivity contribution in [2.45, 2.75) is 30.6 Å². The Labute approximate surface area is 92.4 Å². The highest BCUT2D eigenvalue weighted by Gasteiger charge is 2.24. The van der Waals surface area contributed by atoms with Gasteiger partial charge in [0.05, 0.1) is 11.7 Å². The van der Waals surface area contributed by atoms with Crippen LogP contribution in [0.3, 0.4) is 0 Å². The van der Waals surface area contributed by atoms with E-state index in [9.17, 15) is 4.79 Å². The Balaban J connectivity index is 1.83.